The van der Waals surface area contributed by atoms with Crippen molar-refractivity contribution < 1.29 is 4.79 Å². The van der Waals surface area contributed by atoms with Crippen LogP contribution in [-0.4, -0.2) is 12.2 Å². The van der Waals surface area contributed by atoms with E-state index in [1.165, 1.54) is 0 Å². The molecule has 1 heterocycles. The molecule has 0 spiro atoms. The van der Waals surface area contributed by atoms with Gasteiger partial charge in [-0.25, -0.2) is 0 Å². The molecule has 0 aliphatic rings. The number of carbonyl (C=O) groups excluding carboxylic acids is 1. The van der Waals surface area contributed by atoms with Crippen LogP contribution in [0.15, 0.2) is 46.0 Å². The number of carbonyl (C=O) groups is 1. The Morgan fingerprint density at radius 3 is 2.69 bits per heavy atom. The highest BCUT2D eigenvalue weighted by Crippen LogP contribution is 2.27. The predicted molar refractivity (Wildman–Crippen MR) is 70.5 cm³/mol. The molecule has 0 aliphatic heterocycles. The summed E-state index contributed by atoms with van der Waals surface area (Å²) in [5, 5.41) is 4.81. The minimum atomic E-state index is -0.0446. The molecule has 2 aromatic rings. The normalized spacial score (nSPS) is 10.1. The van der Waals surface area contributed by atoms with Gasteiger partial charge in [0.05, 0.1) is 9.77 Å². The van der Waals surface area contributed by atoms with Crippen LogP contribution in [0.4, 0.5) is 5.69 Å². The van der Waals surface area contributed by atoms with Crippen molar-refractivity contribution in [2.24, 2.45) is 0 Å². The lowest BCUT2D eigenvalue weighted by molar-refractivity contribution is 0.102. The van der Waals surface area contributed by atoms with Gasteiger partial charge in [0.2, 0.25) is 0 Å². The number of anilines is 1. The Morgan fingerprint density at radius 2 is 2.00 bits per heavy atom. The number of rotatable bonds is 3. The molecule has 2 rings (SSSR count). The van der Waals surface area contributed by atoms with E-state index in [2.05, 4.69) is 5.32 Å². The maximum Gasteiger partial charge on any atom is 0.257 e. The second-order valence-electron chi connectivity index (χ2n) is 3.15. The highest BCUT2D eigenvalue weighted by molar-refractivity contribution is 8.00. The molecule has 0 aliphatic carbocycles. The van der Waals surface area contributed by atoms with E-state index in [1.807, 2.05) is 48.0 Å². The molecule has 16 heavy (non-hydrogen) atoms. The van der Waals surface area contributed by atoms with Crippen LogP contribution in [0, 0.1) is 0 Å². The molecule has 1 N–H and O–H groups in total. The molecule has 4 heteroatoms. The molecule has 0 atom stereocenters. The van der Waals surface area contributed by atoms with Gasteiger partial charge in [0.1, 0.15) is 0 Å². The highest BCUT2D eigenvalue weighted by atomic mass is 32.2. The predicted octanol–water partition coefficient (Wildman–Crippen LogP) is 3.72. The van der Waals surface area contributed by atoms with Gasteiger partial charge in [-0.2, -0.15) is 0 Å². The molecular weight excluding hydrogens is 238 g/mol. The van der Waals surface area contributed by atoms with E-state index < -0.39 is 0 Å². The van der Waals surface area contributed by atoms with Crippen molar-refractivity contribution >= 4 is 34.7 Å². The van der Waals surface area contributed by atoms with Crippen molar-refractivity contribution in [1.29, 1.82) is 0 Å². The third kappa shape index (κ3) is 2.46. The zero-order valence-electron chi connectivity index (χ0n) is 8.77. The van der Waals surface area contributed by atoms with E-state index in [0.29, 0.717) is 0 Å². The molecule has 0 bridgehead atoms. The van der Waals surface area contributed by atoms with Gasteiger partial charge in [0, 0.05) is 5.69 Å². The molecule has 1 aromatic heterocycles. The zero-order chi connectivity index (χ0) is 11.4. The van der Waals surface area contributed by atoms with Gasteiger partial charge in [-0.05, 0) is 29.8 Å². The van der Waals surface area contributed by atoms with E-state index in [9.17, 15) is 4.79 Å². The van der Waals surface area contributed by atoms with Gasteiger partial charge in [-0.15, -0.1) is 23.1 Å². The number of thioether (sulfide) groups is 1. The molecule has 0 fully saturated rings. The number of para-hydroxylation sites is 1. The number of nitrogens with one attached hydrogen (secondary N) is 1. The molecule has 0 radical (unpaired) electrons. The first kappa shape index (κ1) is 11.2. The fraction of sp³-hybridized carbons (Fsp3) is 0.0833. The van der Waals surface area contributed by atoms with E-state index in [1.54, 1.807) is 23.1 Å². The summed E-state index contributed by atoms with van der Waals surface area (Å²) >= 11 is 3.19. The van der Waals surface area contributed by atoms with Gasteiger partial charge in [-0.1, -0.05) is 18.2 Å². The average molecular weight is 249 g/mol. The Kier molecular flexibility index (Phi) is 3.64. The van der Waals surface area contributed by atoms with Crippen molar-refractivity contribution in [3.63, 3.8) is 0 Å². The van der Waals surface area contributed by atoms with E-state index >= 15 is 0 Å². The van der Waals surface area contributed by atoms with Gasteiger partial charge in [-0.3, -0.25) is 4.79 Å². The van der Waals surface area contributed by atoms with Crippen LogP contribution in [0.3, 0.4) is 0 Å². The smallest absolute Gasteiger partial charge is 0.257 e. The number of amides is 1. The van der Waals surface area contributed by atoms with E-state index in [4.69, 9.17) is 0 Å². The largest absolute Gasteiger partial charge is 0.322 e. The van der Waals surface area contributed by atoms with E-state index in [-0.39, 0.29) is 5.91 Å². The lowest BCUT2D eigenvalue weighted by Crippen LogP contribution is -2.11. The standard InChI is InChI=1S/C12H11NOS2/c1-15-12-10(7-8-16-12)11(14)13-9-5-3-2-4-6-9/h2-8H,1H3,(H,13,14). The highest BCUT2D eigenvalue weighted by Gasteiger charge is 2.11. The van der Waals surface area contributed by atoms with Crippen LogP contribution in [-0.2, 0) is 0 Å². The first-order valence-corrected chi connectivity index (χ1v) is 6.89. The number of hydrogen-bond acceptors (Lipinski definition) is 3. The van der Waals surface area contributed by atoms with Gasteiger partial charge in [0.25, 0.3) is 5.91 Å². The summed E-state index contributed by atoms with van der Waals surface area (Å²) in [4.78, 5) is 11.9. The van der Waals surface area contributed by atoms with Crippen LogP contribution in [0.1, 0.15) is 10.4 Å². The third-order valence-electron chi connectivity index (χ3n) is 2.09. The number of benzene rings is 1. The first-order chi connectivity index (χ1) is 7.81. The molecule has 1 amide bonds. The lowest BCUT2D eigenvalue weighted by Gasteiger charge is -2.04. The summed E-state index contributed by atoms with van der Waals surface area (Å²) in [6.45, 7) is 0. The molecule has 0 unspecified atom stereocenters. The minimum Gasteiger partial charge on any atom is -0.322 e. The van der Waals surface area contributed by atoms with Crippen molar-refractivity contribution in [3.8, 4) is 0 Å². The van der Waals surface area contributed by atoms with Crippen LogP contribution in [0.2, 0.25) is 0 Å². The Hall–Kier alpha value is -1.26. The molecular formula is C12H11NOS2. The SMILES string of the molecule is CSc1sccc1C(=O)Nc1ccccc1. The average Bonchev–Trinajstić information content (AvgIpc) is 2.78. The van der Waals surface area contributed by atoms with Crippen molar-refractivity contribution in [1.82, 2.24) is 0 Å². The van der Waals surface area contributed by atoms with Crippen molar-refractivity contribution in [3.05, 3.63) is 47.3 Å². The fourth-order valence-corrected chi connectivity index (χ4v) is 2.89. The maximum atomic E-state index is 11.9. The molecule has 82 valence electrons. The van der Waals surface area contributed by atoms with Crippen LogP contribution in [0.25, 0.3) is 0 Å². The topological polar surface area (TPSA) is 29.1 Å². The van der Waals surface area contributed by atoms with Crippen molar-refractivity contribution in [2.45, 2.75) is 4.21 Å². The minimum absolute atomic E-state index is 0.0446. The Morgan fingerprint density at radius 1 is 1.25 bits per heavy atom. The molecule has 0 saturated heterocycles. The first-order valence-electron chi connectivity index (χ1n) is 4.79. The zero-order valence-corrected chi connectivity index (χ0v) is 10.4. The summed E-state index contributed by atoms with van der Waals surface area (Å²) in [5.74, 6) is -0.0446. The summed E-state index contributed by atoms with van der Waals surface area (Å²) in [7, 11) is 0. The summed E-state index contributed by atoms with van der Waals surface area (Å²) in [5.41, 5.74) is 1.58. The number of hydrogen-bond donors (Lipinski definition) is 1. The third-order valence-corrected chi connectivity index (χ3v) is 4.18. The summed E-state index contributed by atoms with van der Waals surface area (Å²) in [6.07, 6.45) is 1.98. The molecule has 0 saturated carbocycles. The van der Waals surface area contributed by atoms with Crippen LogP contribution < -0.4 is 5.32 Å². The Bertz CT molecular complexity index is 479. The van der Waals surface area contributed by atoms with Gasteiger partial charge < -0.3 is 5.32 Å². The lowest BCUT2D eigenvalue weighted by atomic mass is 10.3. The van der Waals surface area contributed by atoms with E-state index in [0.717, 1.165) is 15.5 Å². The summed E-state index contributed by atoms with van der Waals surface area (Å²) in [6, 6.07) is 11.3. The molecule has 2 nitrogen and oxygen atoms in total. The quantitative estimate of drug-likeness (QED) is 0.840. The van der Waals surface area contributed by atoms with Gasteiger partial charge >= 0.3 is 0 Å². The van der Waals surface area contributed by atoms with Gasteiger partial charge in [0.15, 0.2) is 0 Å². The van der Waals surface area contributed by atoms with Crippen molar-refractivity contribution in [2.75, 3.05) is 11.6 Å². The Balaban J connectivity index is 2.15. The maximum absolute atomic E-state index is 11.9. The summed E-state index contributed by atoms with van der Waals surface area (Å²) < 4.78 is 1.05. The number of thiophene rings is 1. The fourth-order valence-electron chi connectivity index (χ4n) is 1.34. The molecule has 1 aromatic carbocycles. The second-order valence-corrected chi connectivity index (χ2v) is 5.14. The monoisotopic (exact) mass is 249 g/mol. The van der Waals surface area contributed by atoms with Crippen LogP contribution in [0.5, 0.6) is 0 Å². The second kappa shape index (κ2) is 5.18. The Labute approximate surface area is 103 Å². The van der Waals surface area contributed by atoms with Crippen LogP contribution >= 0.6 is 23.1 Å².